The van der Waals surface area contributed by atoms with Gasteiger partial charge in [-0.1, -0.05) is 0 Å². The minimum absolute atomic E-state index is 0.562. The fraction of sp³-hybridized carbons (Fsp3) is 1.00. The van der Waals surface area contributed by atoms with Gasteiger partial charge in [0.15, 0.2) is 16.6 Å². The molecule has 4 nitrogen and oxygen atoms in total. The van der Waals surface area contributed by atoms with Crippen LogP contribution < -0.4 is 0 Å². The quantitative estimate of drug-likeness (QED) is 0.157. The summed E-state index contributed by atoms with van der Waals surface area (Å²) in [4.78, 5) is 0. The standard InChI is InChI=1S/C17H40O4Si4.4F2/c1-22(2,3)19-24(7,8)21-25(9,20-23(4,5)6)13-12-15-10-11-16-17(14-15)18-16;4*1-2/h15-17H,10-14H2,1-9H3;;;;. The van der Waals surface area contributed by atoms with Crippen LogP contribution in [-0.4, -0.2) is 46.0 Å². The van der Waals surface area contributed by atoms with E-state index in [2.05, 4.69) is 58.9 Å². The molecule has 1 aliphatic heterocycles. The third-order valence-corrected chi connectivity index (χ3v) is 18.1. The van der Waals surface area contributed by atoms with Crippen molar-refractivity contribution in [2.75, 3.05) is 0 Å². The molecule has 0 amide bonds. The summed E-state index contributed by atoms with van der Waals surface area (Å²) in [6, 6.07) is 1.09. The van der Waals surface area contributed by atoms with Gasteiger partial charge in [-0.2, -0.15) is 0 Å². The maximum atomic E-state index is 8.00. The Hall–Kier alpha value is 0.148. The summed E-state index contributed by atoms with van der Waals surface area (Å²) in [7, 11) is -7.67. The molecule has 33 heavy (non-hydrogen) atoms. The molecule has 0 aromatic heterocycles. The molecule has 204 valence electrons. The molecule has 1 saturated heterocycles. The van der Waals surface area contributed by atoms with Gasteiger partial charge in [0.05, 0.1) is 12.2 Å². The van der Waals surface area contributed by atoms with E-state index in [4.69, 9.17) is 53.7 Å². The molecule has 0 N–H and O–H groups in total. The van der Waals surface area contributed by atoms with Crippen molar-refractivity contribution in [2.24, 2.45) is 5.92 Å². The van der Waals surface area contributed by atoms with E-state index in [1.165, 1.54) is 25.7 Å². The van der Waals surface area contributed by atoms with Gasteiger partial charge in [0.2, 0.25) is 0 Å². The zero-order chi connectivity index (χ0) is 27.1. The topological polar surface area (TPSA) is 40.2 Å². The van der Waals surface area contributed by atoms with Gasteiger partial charge in [-0.05, 0) is 96.6 Å². The van der Waals surface area contributed by atoms with E-state index in [-0.39, 0.29) is 0 Å². The van der Waals surface area contributed by atoms with Crippen molar-refractivity contribution in [1.29, 1.82) is 0 Å². The van der Waals surface area contributed by atoms with E-state index in [0.717, 1.165) is 12.0 Å². The highest BCUT2D eigenvalue weighted by atomic mass is 28.5. The molecule has 16 heteroatoms. The molecule has 0 aromatic carbocycles. The Labute approximate surface area is 196 Å². The largest absolute Gasteiger partial charge is 0.437 e. The monoisotopic (exact) mass is 572 g/mol. The Kier molecular flexibility index (Phi) is 20.1. The molecule has 2 fully saturated rings. The zero-order valence-electron chi connectivity index (χ0n) is 20.9. The smallest absolute Gasteiger partial charge is 0.315 e. The molecule has 1 aliphatic carbocycles. The SMILES string of the molecule is C[Si](C)(C)O[Si](C)(C)O[Si](C)(CCC1CCC2OC2C1)O[Si](C)(C)C.FF.FF.FF.FF. The minimum Gasteiger partial charge on any atom is -0.437 e. The van der Waals surface area contributed by atoms with Crippen molar-refractivity contribution in [3.05, 3.63) is 0 Å². The molecule has 0 aromatic rings. The van der Waals surface area contributed by atoms with Gasteiger partial charge in [0.1, 0.15) is 0 Å². The first kappa shape index (κ1) is 37.7. The van der Waals surface area contributed by atoms with Crippen LogP contribution in [0, 0.1) is 5.92 Å². The van der Waals surface area contributed by atoms with Crippen molar-refractivity contribution >= 4 is 33.8 Å². The molecular formula is C17H40F8O4Si4. The summed E-state index contributed by atoms with van der Waals surface area (Å²) in [6.07, 6.45) is 6.18. The normalized spacial score (nSPS) is 23.4. The van der Waals surface area contributed by atoms with E-state index in [9.17, 15) is 0 Å². The van der Waals surface area contributed by atoms with Crippen LogP contribution in [0.25, 0.3) is 0 Å². The van der Waals surface area contributed by atoms with Crippen molar-refractivity contribution in [3.63, 3.8) is 0 Å². The molecule has 2 aliphatic rings. The molecule has 4 atom stereocenters. The van der Waals surface area contributed by atoms with Gasteiger partial charge in [-0.3, -0.25) is 0 Å². The molecular weight excluding hydrogens is 533 g/mol. The Morgan fingerprint density at radius 2 is 1.09 bits per heavy atom. The second-order valence-electron chi connectivity index (χ2n) is 10.5. The average molecular weight is 573 g/mol. The van der Waals surface area contributed by atoms with Crippen LogP contribution >= 0.6 is 0 Å². The molecule has 4 unspecified atom stereocenters. The lowest BCUT2D eigenvalue weighted by Gasteiger charge is -2.41. The summed E-state index contributed by atoms with van der Waals surface area (Å²) in [5.74, 6) is 0.784. The fourth-order valence-electron chi connectivity index (χ4n) is 4.26. The van der Waals surface area contributed by atoms with E-state index in [1.54, 1.807) is 0 Å². The molecule has 1 heterocycles. The zero-order valence-corrected chi connectivity index (χ0v) is 24.9. The molecule has 1 saturated carbocycles. The summed E-state index contributed by atoms with van der Waals surface area (Å²) in [5.41, 5.74) is 0. The molecule has 0 bridgehead atoms. The second kappa shape index (κ2) is 17.6. The summed E-state index contributed by atoms with van der Waals surface area (Å²) in [6.45, 7) is 20.3. The number of rotatable bonds is 9. The second-order valence-corrected chi connectivity index (χ2v) is 27.0. The lowest BCUT2D eigenvalue weighted by Crippen LogP contribution is -2.56. The Morgan fingerprint density at radius 1 is 0.636 bits per heavy atom. The maximum absolute atomic E-state index is 8.00. The number of ether oxygens (including phenoxy) is 1. The predicted octanol–water partition coefficient (Wildman–Crippen LogP) is 8.80. The van der Waals surface area contributed by atoms with Crippen molar-refractivity contribution in [3.8, 4) is 0 Å². The minimum atomic E-state index is -2.23. The van der Waals surface area contributed by atoms with Gasteiger partial charge in [-0.25, -0.2) is 0 Å². The number of halogens is 8. The third kappa shape index (κ3) is 19.1. The highest BCUT2D eigenvalue weighted by Gasteiger charge is 2.47. The van der Waals surface area contributed by atoms with Crippen LogP contribution in [0.15, 0.2) is 0 Å². The van der Waals surface area contributed by atoms with E-state index in [0.29, 0.717) is 12.2 Å². The lowest BCUT2D eigenvalue weighted by atomic mass is 9.88. The first-order valence-electron chi connectivity index (χ1n) is 10.5. The highest BCUT2D eigenvalue weighted by Crippen LogP contribution is 2.42. The Morgan fingerprint density at radius 3 is 1.48 bits per heavy atom. The Bertz CT molecular complexity index is 487. The predicted molar refractivity (Wildman–Crippen MR) is 123 cm³/mol. The average Bonchev–Trinajstić information content (AvgIpc) is 3.48. The highest BCUT2D eigenvalue weighted by molar-refractivity contribution is 6.89. The van der Waals surface area contributed by atoms with E-state index >= 15 is 0 Å². The van der Waals surface area contributed by atoms with Crippen LogP contribution in [-0.2, 0) is 17.1 Å². The molecule has 0 spiro atoms. The molecule has 2 rings (SSSR count). The molecule has 0 radical (unpaired) electrons. The number of epoxide rings is 1. The van der Waals surface area contributed by atoms with Gasteiger partial charge in [0.25, 0.3) is 0 Å². The van der Waals surface area contributed by atoms with Crippen LogP contribution in [0.2, 0.25) is 65.0 Å². The first-order chi connectivity index (χ1) is 15.2. The fourth-order valence-corrected chi connectivity index (χ4v) is 22.3. The maximum Gasteiger partial charge on any atom is 0.315 e. The van der Waals surface area contributed by atoms with E-state index < -0.39 is 33.8 Å². The first-order valence-corrected chi connectivity index (χ1v) is 22.7. The third-order valence-electron chi connectivity index (χ3n) is 4.66. The Balaban J connectivity index is -0.00000101. The van der Waals surface area contributed by atoms with Crippen LogP contribution in [0.1, 0.15) is 25.7 Å². The van der Waals surface area contributed by atoms with Crippen LogP contribution in [0.5, 0.6) is 0 Å². The lowest BCUT2D eigenvalue weighted by molar-refractivity contribution is 0.108. The van der Waals surface area contributed by atoms with Crippen molar-refractivity contribution in [2.45, 2.75) is 103 Å². The summed E-state index contributed by atoms with van der Waals surface area (Å²) in [5, 5.41) is 0. The van der Waals surface area contributed by atoms with Gasteiger partial charge < -0.3 is 17.1 Å². The van der Waals surface area contributed by atoms with Gasteiger partial charge in [-0.15, -0.1) is 0 Å². The van der Waals surface area contributed by atoms with Crippen molar-refractivity contribution in [1.82, 2.24) is 0 Å². The summed E-state index contributed by atoms with van der Waals surface area (Å²) < 4.78 is 89.6. The summed E-state index contributed by atoms with van der Waals surface area (Å²) >= 11 is 0. The number of hydrogen-bond donors (Lipinski definition) is 0. The van der Waals surface area contributed by atoms with E-state index in [1.807, 2.05) is 0 Å². The number of fused-ring (bicyclic) bond motifs is 1. The van der Waals surface area contributed by atoms with Gasteiger partial charge >= 0.3 is 17.1 Å². The van der Waals surface area contributed by atoms with Crippen LogP contribution in [0.3, 0.4) is 0 Å². The van der Waals surface area contributed by atoms with Gasteiger partial charge in [0, 0.05) is 36.6 Å². The number of hydrogen-bond acceptors (Lipinski definition) is 4. The van der Waals surface area contributed by atoms with Crippen molar-refractivity contribution < 1.29 is 53.7 Å². The van der Waals surface area contributed by atoms with Crippen LogP contribution in [0.4, 0.5) is 36.6 Å².